The number of nitriles is 1. The van der Waals surface area contributed by atoms with Crippen LogP contribution in [0.5, 0.6) is 0 Å². The summed E-state index contributed by atoms with van der Waals surface area (Å²) in [7, 11) is 0. The first-order chi connectivity index (χ1) is 10.1. The third kappa shape index (κ3) is 2.51. The molecule has 0 aliphatic carbocycles. The summed E-state index contributed by atoms with van der Waals surface area (Å²) < 4.78 is 2.63. The van der Waals surface area contributed by atoms with Gasteiger partial charge in [-0.05, 0) is 24.3 Å². The molecule has 104 valence electrons. The van der Waals surface area contributed by atoms with E-state index in [9.17, 15) is 5.26 Å². The summed E-state index contributed by atoms with van der Waals surface area (Å²) >= 11 is 15.4. The Morgan fingerprint density at radius 3 is 2.86 bits per heavy atom. The Balaban J connectivity index is 2.39. The van der Waals surface area contributed by atoms with Gasteiger partial charge in [0.1, 0.15) is 17.4 Å². The molecule has 2 heterocycles. The number of aromatic nitrogens is 3. The van der Waals surface area contributed by atoms with Crippen LogP contribution in [0.4, 0.5) is 0 Å². The molecule has 3 aromatic rings. The fourth-order valence-corrected chi connectivity index (χ4v) is 2.79. The predicted octanol–water partition coefficient (Wildman–Crippen LogP) is 4.45. The molecule has 0 unspecified atom stereocenters. The number of alkyl halides is 1. The molecule has 0 radical (unpaired) electrons. The van der Waals surface area contributed by atoms with E-state index in [-0.39, 0.29) is 5.88 Å². The Morgan fingerprint density at radius 1 is 1.33 bits per heavy atom. The van der Waals surface area contributed by atoms with Gasteiger partial charge in [0.15, 0.2) is 5.65 Å². The van der Waals surface area contributed by atoms with E-state index in [1.807, 2.05) is 12.1 Å². The van der Waals surface area contributed by atoms with Gasteiger partial charge < -0.3 is 0 Å². The topological polar surface area (TPSA) is 54.5 Å². The fourth-order valence-electron chi connectivity index (χ4n) is 2.11. The number of fused-ring (bicyclic) bond motifs is 1. The average Bonchev–Trinajstić information content (AvgIpc) is 2.84. The maximum Gasteiger partial charge on any atom is 0.164 e. The number of halogens is 3. The lowest BCUT2D eigenvalue weighted by atomic mass is 10.2. The van der Waals surface area contributed by atoms with Gasteiger partial charge in [0.2, 0.25) is 0 Å². The Labute approximate surface area is 139 Å². The van der Waals surface area contributed by atoms with Crippen molar-refractivity contribution in [3.63, 3.8) is 0 Å². The van der Waals surface area contributed by atoms with Crippen LogP contribution in [0, 0.1) is 11.3 Å². The first-order valence-electron chi connectivity index (χ1n) is 5.93. The maximum absolute atomic E-state index is 9.31. The fraction of sp³-hybridized carbons (Fsp3) is 0.0714. The minimum Gasteiger partial charge on any atom is -0.278 e. The molecule has 2 aromatic heterocycles. The quantitative estimate of drug-likeness (QED) is 0.616. The largest absolute Gasteiger partial charge is 0.278 e. The maximum atomic E-state index is 9.31. The lowest BCUT2D eigenvalue weighted by molar-refractivity contribution is 0.965. The summed E-state index contributed by atoms with van der Waals surface area (Å²) in [5, 5.41) is 9.82. The van der Waals surface area contributed by atoms with Crippen LogP contribution < -0.4 is 0 Å². The minimum absolute atomic E-state index is 0.200. The van der Waals surface area contributed by atoms with E-state index in [1.54, 1.807) is 22.9 Å². The Bertz CT molecular complexity index is 883. The van der Waals surface area contributed by atoms with Gasteiger partial charge in [-0.1, -0.05) is 27.5 Å². The van der Waals surface area contributed by atoms with E-state index in [2.05, 4.69) is 32.0 Å². The van der Waals surface area contributed by atoms with Crippen LogP contribution in [0.2, 0.25) is 5.02 Å². The molecule has 21 heavy (non-hydrogen) atoms. The van der Waals surface area contributed by atoms with Crippen LogP contribution in [0.3, 0.4) is 0 Å². The van der Waals surface area contributed by atoms with E-state index < -0.39 is 0 Å². The van der Waals surface area contributed by atoms with Gasteiger partial charge in [0.05, 0.1) is 22.2 Å². The van der Waals surface area contributed by atoms with Crippen LogP contribution in [0.25, 0.3) is 16.9 Å². The smallest absolute Gasteiger partial charge is 0.164 e. The summed E-state index contributed by atoms with van der Waals surface area (Å²) in [6.45, 7) is 0. The van der Waals surface area contributed by atoms with Crippen molar-refractivity contribution in [3.05, 3.63) is 51.3 Å². The number of rotatable bonds is 2. The Morgan fingerprint density at radius 2 is 2.14 bits per heavy atom. The first kappa shape index (κ1) is 14.3. The number of imidazole rings is 1. The van der Waals surface area contributed by atoms with Crippen molar-refractivity contribution >= 4 is 50.3 Å². The zero-order chi connectivity index (χ0) is 15.0. The zero-order valence-corrected chi connectivity index (χ0v) is 13.6. The van der Waals surface area contributed by atoms with Crippen molar-refractivity contribution < 1.29 is 0 Å². The Hall–Kier alpha value is -1.61. The third-order valence-electron chi connectivity index (χ3n) is 2.97. The number of hydrogen-bond acceptors (Lipinski definition) is 3. The molecule has 0 aliphatic heterocycles. The number of hydrogen-bond donors (Lipinski definition) is 0. The summed E-state index contributed by atoms with van der Waals surface area (Å²) in [5.41, 5.74) is 2.45. The molecule has 0 atom stereocenters. The number of pyridine rings is 1. The molecular formula is C14H7BrCl2N4. The predicted molar refractivity (Wildman–Crippen MR) is 85.8 cm³/mol. The molecule has 0 fully saturated rings. The standard InChI is InChI=1S/C14H7BrCl2N4/c15-9-2-1-8(6-18)12(3-9)21-13(5-16)20-11-4-10(17)7-19-14(11)21/h1-4,7H,5H2. The third-order valence-corrected chi connectivity index (χ3v) is 3.91. The lowest BCUT2D eigenvalue weighted by Crippen LogP contribution is -2.03. The van der Waals surface area contributed by atoms with Gasteiger partial charge in [-0.3, -0.25) is 4.57 Å². The summed E-state index contributed by atoms with van der Waals surface area (Å²) in [6.07, 6.45) is 1.55. The van der Waals surface area contributed by atoms with Crippen LogP contribution >= 0.6 is 39.1 Å². The van der Waals surface area contributed by atoms with Crippen molar-refractivity contribution in [1.29, 1.82) is 5.26 Å². The zero-order valence-electron chi connectivity index (χ0n) is 10.5. The van der Waals surface area contributed by atoms with Crippen LogP contribution in [0.1, 0.15) is 11.4 Å². The normalized spacial score (nSPS) is 10.8. The molecule has 1 aromatic carbocycles. The molecule has 0 N–H and O–H groups in total. The van der Waals surface area contributed by atoms with Crippen molar-refractivity contribution in [2.45, 2.75) is 5.88 Å². The highest BCUT2D eigenvalue weighted by molar-refractivity contribution is 9.10. The van der Waals surface area contributed by atoms with E-state index >= 15 is 0 Å². The van der Waals surface area contributed by atoms with E-state index in [1.165, 1.54) is 0 Å². The summed E-state index contributed by atoms with van der Waals surface area (Å²) in [5.74, 6) is 0.807. The molecule has 0 amide bonds. The molecule has 0 spiro atoms. The van der Waals surface area contributed by atoms with Gasteiger partial charge in [-0.15, -0.1) is 11.6 Å². The van der Waals surface area contributed by atoms with Gasteiger partial charge >= 0.3 is 0 Å². The van der Waals surface area contributed by atoms with E-state index in [0.29, 0.717) is 33.3 Å². The SMILES string of the molecule is N#Cc1ccc(Br)cc1-n1c(CCl)nc2cc(Cl)cnc21. The second-order valence-corrected chi connectivity index (χ2v) is 5.89. The van der Waals surface area contributed by atoms with Crippen LogP contribution in [-0.4, -0.2) is 14.5 Å². The molecular weight excluding hydrogens is 375 g/mol. The molecule has 0 aliphatic rings. The number of nitrogens with zero attached hydrogens (tertiary/aromatic N) is 4. The molecule has 3 rings (SSSR count). The van der Waals surface area contributed by atoms with E-state index in [0.717, 1.165) is 4.47 Å². The second-order valence-electron chi connectivity index (χ2n) is 4.27. The molecule has 0 saturated heterocycles. The number of benzene rings is 1. The second kappa shape index (κ2) is 5.64. The minimum atomic E-state index is 0.200. The van der Waals surface area contributed by atoms with Crippen molar-refractivity contribution in [2.24, 2.45) is 0 Å². The van der Waals surface area contributed by atoms with Gasteiger partial charge in [-0.2, -0.15) is 5.26 Å². The highest BCUT2D eigenvalue weighted by Crippen LogP contribution is 2.27. The summed E-state index contributed by atoms with van der Waals surface area (Å²) in [4.78, 5) is 8.75. The highest BCUT2D eigenvalue weighted by atomic mass is 79.9. The van der Waals surface area contributed by atoms with Crippen LogP contribution in [-0.2, 0) is 5.88 Å². The average molecular weight is 382 g/mol. The van der Waals surface area contributed by atoms with Gasteiger partial charge in [0, 0.05) is 10.7 Å². The monoisotopic (exact) mass is 380 g/mol. The molecule has 7 heteroatoms. The van der Waals surface area contributed by atoms with Gasteiger partial charge in [0.25, 0.3) is 0 Å². The molecule has 0 bridgehead atoms. The van der Waals surface area contributed by atoms with E-state index in [4.69, 9.17) is 23.2 Å². The van der Waals surface area contributed by atoms with Crippen LogP contribution in [0.15, 0.2) is 34.9 Å². The van der Waals surface area contributed by atoms with Crippen molar-refractivity contribution in [1.82, 2.24) is 14.5 Å². The van der Waals surface area contributed by atoms with Crippen molar-refractivity contribution in [3.8, 4) is 11.8 Å². The van der Waals surface area contributed by atoms with Gasteiger partial charge in [-0.25, -0.2) is 9.97 Å². The first-order valence-corrected chi connectivity index (χ1v) is 7.63. The summed E-state index contributed by atoms with van der Waals surface area (Å²) in [6, 6.07) is 9.28. The molecule has 4 nitrogen and oxygen atoms in total. The lowest BCUT2D eigenvalue weighted by Gasteiger charge is -2.09. The van der Waals surface area contributed by atoms with Crippen molar-refractivity contribution in [2.75, 3.05) is 0 Å². The molecule has 0 saturated carbocycles. The Kier molecular flexibility index (Phi) is 3.85. The highest BCUT2D eigenvalue weighted by Gasteiger charge is 2.16.